The van der Waals surface area contributed by atoms with Crippen LogP contribution < -0.4 is 5.73 Å². The second kappa shape index (κ2) is 4.92. The van der Waals surface area contributed by atoms with Crippen LogP contribution in [0.5, 0.6) is 0 Å². The molecule has 0 aliphatic heterocycles. The van der Waals surface area contributed by atoms with E-state index in [2.05, 4.69) is 24.5 Å². The highest BCUT2D eigenvalue weighted by Gasteiger charge is 2.00. The molecule has 0 aliphatic rings. The first kappa shape index (κ1) is 10.1. The molecule has 0 aliphatic carbocycles. The SMILES string of the molecule is CCCN=C(N)c1ccccc1S. The molecule has 1 aromatic carbocycles. The van der Waals surface area contributed by atoms with Gasteiger partial charge < -0.3 is 5.73 Å². The highest BCUT2D eigenvalue weighted by molar-refractivity contribution is 7.80. The minimum atomic E-state index is 0.576. The van der Waals surface area contributed by atoms with Crippen molar-refractivity contribution in [3.8, 4) is 0 Å². The van der Waals surface area contributed by atoms with Crippen molar-refractivity contribution in [1.82, 2.24) is 0 Å². The molecule has 3 heteroatoms. The summed E-state index contributed by atoms with van der Waals surface area (Å²) in [6, 6.07) is 7.70. The van der Waals surface area contributed by atoms with Gasteiger partial charge in [-0.2, -0.15) is 0 Å². The van der Waals surface area contributed by atoms with Gasteiger partial charge in [0.15, 0.2) is 0 Å². The van der Waals surface area contributed by atoms with Gasteiger partial charge in [0.05, 0.1) is 0 Å². The van der Waals surface area contributed by atoms with Crippen molar-refractivity contribution >= 4 is 18.5 Å². The van der Waals surface area contributed by atoms with Crippen molar-refractivity contribution in [1.29, 1.82) is 0 Å². The van der Waals surface area contributed by atoms with Crippen LogP contribution in [-0.2, 0) is 0 Å². The summed E-state index contributed by atoms with van der Waals surface area (Å²) in [5.41, 5.74) is 6.70. The third kappa shape index (κ3) is 2.77. The lowest BCUT2D eigenvalue weighted by Gasteiger charge is -2.03. The maximum atomic E-state index is 5.78. The molecule has 0 aromatic heterocycles. The standard InChI is InChI=1S/C10H14N2S/c1-2-7-12-10(11)8-5-3-4-6-9(8)13/h3-6,13H,2,7H2,1H3,(H2,11,12). The third-order valence-electron chi connectivity index (χ3n) is 1.69. The van der Waals surface area contributed by atoms with E-state index in [1.807, 2.05) is 24.3 Å². The van der Waals surface area contributed by atoms with E-state index in [1.54, 1.807) is 0 Å². The zero-order valence-electron chi connectivity index (χ0n) is 7.70. The number of nitrogens with two attached hydrogens (primary N) is 1. The summed E-state index contributed by atoms with van der Waals surface area (Å²) in [5, 5.41) is 0. The molecule has 0 spiro atoms. The van der Waals surface area contributed by atoms with Crippen LogP contribution in [-0.4, -0.2) is 12.4 Å². The maximum absolute atomic E-state index is 5.78. The van der Waals surface area contributed by atoms with Crippen molar-refractivity contribution in [2.45, 2.75) is 18.2 Å². The molecule has 70 valence electrons. The van der Waals surface area contributed by atoms with Crippen LogP contribution in [0.15, 0.2) is 34.2 Å². The number of thiol groups is 1. The molecule has 0 saturated heterocycles. The number of nitrogens with zero attached hydrogens (tertiary/aromatic N) is 1. The fourth-order valence-electron chi connectivity index (χ4n) is 1.01. The minimum absolute atomic E-state index is 0.576. The van der Waals surface area contributed by atoms with Crippen LogP contribution >= 0.6 is 12.6 Å². The quantitative estimate of drug-likeness (QED) is 0.431. The van der Waals surface area contributed by atoms with Crippen molar-refractivity contribution in [3.05, 3.63) is 29.8 Å². The topological polar surface area (TPSA) is 38.4 Å². The fraction of sp³-hybridized carbons (Fsp3) is 0.300. The average Bonchev–Trinajstić information content (AvgIpc) is 2.15. The molecular formula is C10H14N2S. The van der Waals surface area contributed by atoms with E-state index in [0.29, 0.717) is 5.84 Å². The Morgan fingerprint density at radius 2 is 2.15 bits per heavy atom. The lowest BCUT2D eigenvalue weighted by atomic mass is 10.2. The minimum Gasteiger partial charge on any atom is -0.383 e. The molecule has 2 N–H and O–H groups in total. The second-order valence-corrected chi connectivity index (χ2v) is 3.27. The van der Waals surface area contributed by atoms with Gasteiger partial charge in [-0.25, -0.2) is 0 Å². The van der Waals surface area contributed by atoms with Gasteiger partial charge in [0.25, 0.3) is 0 Å². The van der Waals surface area contributed by atoms with Crippen LogP contribution in [0.3, 0.4) is 0 Å². The van der Waals surface area contributed by atoms with Gasteiger partial charge >= 0.3 is 0 Å². The molecule has 2 nitrogen and oxygen atoms in total. The Kier molecular flexibility index (Phi) is 3.83. The van der Waals surface area contributed by atoms with Crippen molar-refractivity contribution in [2.24, 2.45) is 10.7 Å². The molecule has 0 atom stereocenters. The van der Waals surface area contributed by atoms with Crippen LogP contribution in [0.1, 0.15) is 18.9 Å². The Labute approximate surface area is 84.3 Å². The summed E-state index contributed by atoms with van der Waals surface area (Å²) < 4.78 is 0. The summed E-state index contributed by atoms with van der Waals surface area (Å²) in [6.45, 7) is 2.84. The van der Waals surface area contributed by atoms with Gasteiger partial charge in [-0.1, -0.05) is 25.1 Å². The molecule has 0 heterocycles. The fourth-order valence-corrected chi connectivity index (χ4v) is 1.28. The van der Waals surface area contributed by atoms with Gasteiger partial charge in [0.2, 0.25) is 0 Å². The lowest BCUT2D eigenvalue weighted by Crippen LogP contribution is -2.14. The van der Waals surface area contributed by atoms with Crippen LogP contribution in [0.2, 0.25) is 0 Å². The zero-order chi connectivity index (χ0) is 9.68. The first-order chi connectivity index (χ1) is 6.25. The Bertz CT molecular complexity index is 308. The summed E-state index contributed by atoms with van der Waals surface area (Å²) in [5.74, 6) is 0.576. The highest BCUT2D eigenvalue weighted by Crippen LogP contribution is 2.12. The largest absolute Gasteiger partial charge is 0.383 e. The van der Waals surface area contributed by atoms with Gasteiger partial charge in [0.1, 0.15) is 5.84 Å². The van der Waals surface area contributed by atoms with E-state index in [9.17, 15) is 0 Å². The third-order valence-corrected chi connectivity index (χ3v) is 2.08. The Hall–Kier alpha value is -0.960. The van der Waals surface area contributed by atoms with E-state index in [1.165, 1.54) is 0 Å². The number of aliphatic imine (C=N–C) groups is 1. The first-order valence-electron chi connectivity index (χ1n) is 4.34. The lowest BCUT2D eigenvalue weighted by molar-refractivity contribution is 0.930. The molecule has 0 radical (unpaired) electrons. The normalized spacial score (nSPS) is 11.7. The molecule has 1 aromatic rings. The first-order valence-corrected chi connectivity index (χ1v) is 4.78. The van der Waals surface area contributed by atoms with Crippen LogP contribution in [0.25, 0.3) is 0 Å². The number of hydrogen-bond donors (Lipinski definition) is 2. The van der Waals surface area contributed by atoms with Gasteiger partial charge in [0, 0.05) is 17.0 Å². The highest BCUT2D eigenvalue weighted by atomic mass is 32.1. The molecule has 13 heavy (non-hydrogen) atoms. The molecule has 0 bridgehead atoms. The van der Waals surface area contributed by atoms with Crippen LogP contribution in [0.4, 0.5) is 0 Å². The monoisotopic (exact) mass is 194 g/mol. The number of rotatable bonds is 3. The van der Waals surface area contributed by atoms with Crippen molar-refractivity contribution < 1.29 is 0 Å². The van der Waals surface area contributed by atoms with Crippen molar-refractivity contribution in [2.75, 3.05) is 6.54 Å². The average molecular weight is 194 g/mol. The van der Waals surface area contributed by atoms with Gasteiger partial charge in [-0.05, 0) is 12.5 Å². The predicted octanol–water partition coefficient (Wildman–Crippen LogP) is 2.09. The maximum Gasteiger partial charge on any atom is 0.126 e. The number of benzene rings is 1. The Morgan fingerprint density at radius 1 is 1.46 bits per heavy atom. The molecule has 0 amide bonds. The van der Waals surface area contributed by atoms with Gasteiger partial charge in [-0.3, -0.25) is 4.99 Å². The van der Waals surface area contributed by atoms with Gasteiger partial charge in [-0.15, -0.1) is 12.6 Å². The van der Waals surface area contributed by atoms with Crippen LogP contribution in [0, 0.1) is 0 Å². The number of amidine groups is 1. The Morgan fingerprint density at radius 3 is 2.77 bits per heavy atom. The zero-order valence-corrected chi connectivity index (χ0v) is 8.59. The predicted molar refractivity (Wildman–Crippen MR) is 59.6 cm³/mol. The van der Waals surface area contributed by atoms with E-state index >= 15 is 0 Å². The molecule has 1 rings (SSSR count). The Balaban J connectivity index is 2.88. The summed E-state index contributed by atoms with van der Waals surface area (Å²) >= 11 is 4.30. The molecular weight excluding hydrogens is 180 g/mol. The molecule has 0 unspecified atom stereocenters. The molecule has 0 fully saturated rings. The van der Waals surface area contributed by atoms with E-state index in [-0.39, 0.29) is 0 Å². The van der Waals surface area contributed by atoms with E-state index in [0.717, 1.165) is 23.4 Å². The van der Waals surface area contributed by atoms with E-state index < -0.39 is 0 Å². The van der Waals surface area contributed by atoms with E-state index in [4.69, 9.17) is 5.73 Å². The number of hydrogen-bond acceptors (Lipinski definition) is 2. The summed E-state index contributed by atoms with van der Waals surface area (Å²) in [6.07, 6.45) is 1.01. The molecule has 0 saturated carbocycles. The summed E-state index contributed by atoms with van der Waals surface area (Å²) in [7, 11) is 0. The smallest absolute Gasteiger partial charge is 0.126 e. The van der Waals surface area contributed by atoms with Crippen molar-refractivity contribution in [3.63, 3.8) is 0 Å². The second-order valence-electron chi connectivity index (χ2n) is 2.78. The summed E-state index contributed by atoms with van der Waals surface area (Å²) in [4.78, 5) is 5.09.